The molecule has 1 N–H and O–H groups in total. The molecule has 1 aliphatic rings. The maximum absolute atomic E-state index is 12.6. The van der Waals surface area contributed by atoms with Crippen molar-refractivity contribution in [1.82, 2.24) is 4.90 Å². The first-order chi connectivity index (χ1) is 11.5. The van der Waals surface area contributed by atoms with Crippen molar-refractivity contribution >= 4 is 80.2 Å². The molecule has 7 heteroatoms. The van der Waals surface area contributed by atoms with Crippen molar-refractivity contribution in [2.75, 3.05) is 12.0 Å². The molecule has 1 saturated heterocycles. The maximum Gasteiger partial charge on any atom is 0.267 e. The summed E-state index contributed by atoms with van der Waals surface area (Å²) in [6.07, 6.45) is 1.87. The Hall–Kier alpha value is -1.09. The number of halogens is 2. The molecule has 0 unspecified atom stereocenters. The van der Waals surface area contributed by atoms with E-state index >= 15 is 0 Å². The van der Waals surface area contributed by atoms with Crippen LogP contribution in [0.1, 0.15) is 5.56 Å². The van der Waals surface area contributed by atoms with Gasteiger partial charge in [-0.15, -0.1) is 0 Å². The molecule has 2 aromatic rings. The van der Waals surface area contributed by atoms with Gasteiger partial charge in [0.2, 0.25) is 0 Å². The minimum absolute atomic E-state index is 0.0851. The summed E-state index contributed by atoms with van der Waals surface area (Å²) in [5.74, 6) is -0.0851. The van der Waals surface area contributed by atoms with Crippen molar-refractivity contribution in [3.05, 3.63) is 67.6 Å². The molecule has 3 nitrogen and oxygen atoms in total. The normalized spacial score (nSPS) is 16.1. The van der Waals surface area contributed by atoms with Gasteiger partial charge in [0, 0.05) is 14.3 Å². The van der Waals surface area contributed by atoms with E-state index in [1.165, 1.54) is 11.8 Å². The van der Waals surface area contributed by atoms with Gasteiger partial charge in [-0.1, -0.05) is 53.8 Å². The lowest BCUT2D eigenvalue weighted by Crippen LogP contribution is -2.33. The van der Waals surface area contributed by atoms with E-state index in [1.807, 2.05) is 42.5 Å². The molecule has 0 bridgehead atoms. The van der Waals surface area contributed by atoms with E-state index in [0.717, 1.165) is 14.8 Å². The van der Waals surface area contributed by atoms with Crippen LogP contribution in [0.15, 0.2) is 53.4 Å². The quantitative estimate of drug-likeness (QED) is 0.365. The van der Waals surface area contributed by atoms with Crippen LogP contribution in [-0.2, 0) is 4.79 Å². The first-order valence-electron chi connectivity index (χ1n) is 7.03. The summed E-state index contributed by atoms with van der Waals surface area (Å²) in [6.45, 7) is 0.315. The van der Waals surface area contributed by atoms with Gasteiger partial charge in [-0.2, -0.15) is 0 Å². The molecular weight excluding hydrogens is 475 g/mol. The molecule has 0 atom stereocenters. The minimum Gasteiger partial charge on any atom is -0.367 e. The van der Waals surface area contributed by atoms with Crippen molar-refractivity contribution in [3.8, 4) is 0 Å². The molecule has 1 aliphatic heterocycles. The Bertz CT molecular complexity index is 824. The first kappa shape index (κ1) is 17.7. The lowest BCUT2D eigenvalue weighted by molar-refractivity contribution is -0.121. The van der Waals surface area contributed by atoms with Gasteiger partial charge in [0.25, 0.3) is 5.91 Å². The van der Waals surface area contributed by atoms with Gasteiger partial charge in [-0.25, -0.2) is 0 Å². The third-order valence-corrected chi connectivity index (χ3v) is 5.64. The molecule has 3 rings (SSSR count). The van der Waals surface area contributed by atoms with Crippen LogP contribution in [0.3, 0.4) is 0 Å². The van der Waals surface area contributed by atoms with Crippen LogP contribution < -0.4 is 5.32 Å². The van der Waals surface area contributed by atoms with Crippen LogP contribution in [0.25, 0.3) is 6.08 Å². The fourth-order valence-corrected chi connectivity index (χ4v) is 3.92. The molecule has 0 spiro atoms. The van der Waals surface area contributed by atoms with Crippen LogP contribution >= 0.6 is 58.2 Å². The monoisotopic (exact) mass is 486 g/mol. The summed E-state index contributed by atoms with van der Waals surface area (Å²) >= 11 is 14.9. The number of rotatable bonds is 4. The number of carbonyl (C=O) groups excluding carboxylic acids is 1. The fourth-order valence-electron chi connectivity index (χ4n) is 2.12. The Balaban J connectivity index is 1.71. The molecule has 2 aromatic carbocycles. The first-order valence-corrected chi connectivity index (χ1v) is 9.71. The number of benzene rings is 2. The number of nitrogens with zero attached hydrogens (tertiary/aromatic N) is 1. The molecule has 24 heavy (non-hydrogen) atoms. The summed E-state index contributed by atoms with van der Waals surface area (Å²) in [5, 5.41) is 3.81. The molecule has 1 heterocycles. The second-order valence-electron chi connectivity index (χ2n) is 5.01. The number of hydrogen-bond donors (Lipinski definition) is 1. The zero-order chi connectivity index (χ0) is 17.1. The number of amides is 1. The van der Waals surface area contributed by atoms with Crippen LogP contribution in [0.4, 0.5) is 5.69 Å². The number of thioether (sulfide) groups is 1. The highest BCUT2D eigenvalue weighted by Crippen LogP contribution is 2.32. The Kier molecular flexibility index (Phi) is 5.80. The standard InChI is InChI=1S/C17H12ClIN2OS2/c18-12-2-1-3-14(9-12)20-10-21-16(22)15(24-17(21)23)8-11-4-6-13(19)7-5-11/h1-9,20H,10H2/b15-8+. The van der Waals surface area contributed by atoms with E-state index in [2.05, 4.69) is 27.9 Å². The number of hydrogen-bond acceptors (Lipinski definition) is 4. The topological polar surface area (TPSA) is 32.3 Å². The number of thiocarbonyl (C=S) groups is 1. The average Bonchev–Trinajstić information content (AvgIpc) is 2.82. The molecular formula is C17H12ClIN2OS2. The highest BCUT2D eigenvalue weighted by Gasteiger charge is 2.31. The van der Waals surface area contributed by atoms with Gasteiger partial charge in [0.05, 0.1) is 11.6 Å². The molecule has 0 aromatic heterocycles. The molecule has 1 amide bonds. The second kappa shape index (κ2) is 7.86. The van der Waals surface area contributed by atoms with Crippen molar-refractivity contribution in [3.63, 3.8) is 0 Å². The molecule has 0 saturated carbocycles. The van der Waals surface area contributed by atoms with Crippen LogP contribution in [0, 0.1) is 3.57 Å². The van der Waals surface area contributed by atoms with Crippen molar-refractivity contribution in [1.29, 1.82) is 0 Å². The zero-order valence-corrected chi connectivity index (χ0v) is 16.9. The molecule has 122 valence electrons. The minimum atomic E-state index is -0.0851. The van der Waals surface area contributed by atoms with Crippen molar-refractivity contribution in [2.45, 2.75) is 0 Å². The van der Waals surface area contributed by atoms with E-state index in [9.17, 15) is 4.79 Å². The highest BCUT2D eigenvalue weighted by molar-refractivity contribution is 14.1. The van der Waals surface area contributed by atoms with E-state index in [0.29, 0.717) is 20.9 Å². The zero-order valence-electron chi connectivity index (χ0n) is 12.3. The summed E-state index contributed by atoms with van der Waals surface area (Å²) in [5.41, 5.74) is 1.83. The Labute approximate surface area is 168 Å². The predicted octanol–water partition coefficient (Wildman–Crippen LogP) is 5.22. The van der Waals surface area contributed by atoms with Crippen molar-refractivity contribution < 1.29 is 4.79 Å². The van der Waals surface area contributed by atoms with E-state index in [-0.39, 0.29) is 5.91 Å². The highest BCUT2D eigenvalue weighted by atomic mass is 127. The summed E-state index contributed by atoms with van der Waals surface area (Å²) in [6, 6.07) is 15.3. The van der Waals surface area contributed by atoms with Crippen LogP contribution in [0.2, 0.25) is 5.02 Å². The molecule has 0 radical (unpaired) electrons. The third kappa shape index (κ3) is 4.30. The van der Waals surface area contributed by atoms with Gasteiger partial charge in [-0.3, -0.25) is 9.69 Å². The second-order valence-corrected chi connectivity index (χ2v) is 8.36. The Morgan fingerprint density at radius 1 is 1.25 bits per heavy atom. The summed E-state index contributed by atoms with van der Waals surface area (Å²) in [7, 11) is 0. The SMILES string of the molecule is O=C1/C(=C\c2ccc(I)cc2)SC(=S)N1CNc1cccc(Cl)c1. The van der Waals surface area contributed by atoms with Gasteiger partial charge in [0.15, 0.2) is 0 Å². The Morgan fingerprint density at radius 3 is 2.71 bits per heavy atom. The van der Waals surface area contributed by atoms with Gasteiger partial charge >= 0.3 is 0 Å². The fraction of sp³-hybridized carbons (Fsp3) is 0.0588. The number of nitrogens with one attached hydrogen (secondary N) is 1. The number of carbonyl (C=O) groups is 1. The average molecular weight is 487 g/mol. The predicted molar refractivity (Wildman–Crippen MR) is 114 cm³/mol. The van der Waals surface area contributed by atoms with E-state index in [1.54, 1.807) is 17.0 Å². The van der Waals surface area contributed by atoms with Gasteiger partial charge < -0.3 is 5.32 Å². The van der Waals surface area contributed by atoms with Crippen molar-refractivity contribution in [2.24, 2.45) is 0 Å². The van der Waals surface area contributed by atoms with E-state index in [4.69, 9.17) is 23.8 Å². The lowest BCUT2D eigenvalue weighted by atomic mass is 10.2. The van der Waals surface area contributed by atoms with Crippen LogP contribution in [-0.4, -0.2) is 21.8 Å². The van der Waals surface area contributed by atoms with Gasteiger partial charge in [0.1, 0.15) is 4.32 Å². The lowest BCUT2D eigenvalue weighted by Gasteiger charge is -2.16. The molecule has 0 aliphatic carbocycles. The molecule has 1 fully saturated rings. The van der Waals surface area contributed by atoms with Gasteiger partial charge in [-0.05, 0) is 64.6 Å². The summed E-state index contributed by atoms with van der Waals surface area (Å²) in [4.78, 5) is 14.7. The summed E-state index contributed by atoms with van der Waals surface area (Å²) < 4.78 is 1.70. The third-order valence-electron chi connectivity index (χ3n) is 3.31. The maximum atomic E-state index is 12.6. The largest absolute Gasteiger partial charge is 0.367 e. The Morgan fingerprint density at radius 2 is 2.00 bits per heavy atom. The van der Waals surface area contributed by atoms with E-state index < -0.39 is 0 Å². The number of anilines is 1. The van der Waals surface area contributed by atoms with Crippen LogP contribution in [0.5, 0.6) is 0 Å². The smallest absolute Gasteiger partial charge is 0.267 e.